The van der Waals surface area contributed by atoms with Crippen molar-refractivity contribution in [1.29, 1.82) is 0 Å². The SMILES string of the molecule is COc1cc(-c2cn(C3CCC(N4CCn5nc(C)cc5C4)CC3)c3ncnc(N)c23)ccc1NC(=O)c1cc2ccccc2n1C. The van der Waals surface area contributed by atoms with E-state index in [9.17, 15) is 4.79 Å². The number of nitrogens with zero attached hydrogens (tertiary/aromatic N) is 7. The van der Waals surface area contributed by atoms with Gasteiger partial charge in [0.15, 0.2) is 0 Å². The second-order valence-electron chi connectivity index (χ2n) is 12.9. The number of para-hydroxylation sites is 1. The van der Waals surface area contributed by atoms with Crippen molar-refractivity contribution in [3.8, 4) is 16.9 Å². The molecule has 0 unspecified atom stereocenters. The summed E-state index contributed by atoms with van der Waals surface area (Å²) in [6.07, 6.45) is 8.11. The number of hydrogen-bond donors (Lipinski definition) is 2. The number of nitrogens with two attached hydrogens (primary N) is 1. The zero-order valence-corrected chi connectivity index (χ0v) is 27.0. The molecule has 5 heterocycles. The van der Waals surface area contributed by atoms with Crippen LogP contribution < -0.4 is 15.8 Å². The Hall–Kier alpha value is -5.16. The Morgan fingerprint density at radius 2 is 1.81 bits per heavy atom. The van der Waals surface area contributed by atoms with Crippen molar-refractivity contribution < 1.29 is 9.53 Å². The van der Waals surface area contributed by atoms with Crippen LogP contribution in [0.4, 0.5) is 11.5 Å². The normalized spacial score (nSPS) is 18.4. The first-order valence-electron chi connectivity index (χ1n) is 16.3. The lowest BCUT2D eigenvalue weighted by molar-refractivity contribution is 0.101. The molecule has 1 amide bonds. The van der Waals surface area contributed by atoms with Gasteiger partial charge in [-0.3, -0.25) is 14.4 Å². The molecule has 2 aliphatic rings. The van der Waals surface area contributed by atoms with E-state index in [1.165, 1.54) is 5.69 Å². The molecule has 3 N–H and O–H groups in total. The van der Waals surface area contributed by atoms with Gasteiger partial charge in [0, 0.05) is 54.9 Å². The highest BCUT2D eigenvalue weighted by molar-refractivity contribution is 6.07. The number of amides is 1. The smallest absolute Gasteiger partial charge is 0.272 e. The van der Waals surface area contributed by atoms with Gasteiger partial charge in [-0.15, -0.1) is 0 Å². The van der Waals surface area contributed by atoms with Crippen LogP contribution in [0.25, 0.3) is 33.1 Å². The second kappa shape index (κ2) is 11.6. The Morgan fingerprint density at radius 1 is 1.00 bits per heavy atom. The molecule has 1 saturated carbocycles. The summed E-state index contributed by atoms with van der Waals surface area (Å²) in [5.74, 6) is 0.805. The Kier molecular flexibility index (Phi) is 7.20. The number of aryl methyl sites for hydroxylation is 2. The Balaban J connectivity index is 1.05. The third-order valence-corrected chi connectivity index (χ3v) is 10.1. The Labute approximate surface area is 273 Å². The number of nitrogens with one attached hydrogen (secondary N) is 1. The summed E-state index contributed by atoms with van der Waals surface area (Å²) in [4.78, 5) is 25.1. The van der Waals surface area contributed by atoms with Crippen molar-refractivity contribution >= 4 is 39.3 Å². The number of rotatable bonds is 6. The molecular formula is C36H39N9O2. The van der Waals surface area contributed by atoms with Crippen molar-refractivity contribution in [2.45, 2.75) is 57.8 Å². The number of benzene rings is 2. The fourth-order valence-corrected chi connectivity index (χ4v) is 7.70. The van der Waals surface area contributed by atoms with E-state index < -0.39 is 0 Å². The lowest BCUT2D eigenvalue weighted by atomic mass is 9.89. The van der Waals surface area contributed by atoms with Gasteiger partial charge in [-0.1, -0.05) is 24.3 Å². The topological polar surface area (TPSA) is 121 Å². The Morgan fingerprint density at radius 3 is 2.62 bits per heavy atom. The fraction of sp³-hybridized carbons (Fsp3) is 0.333. The maximum atomic E-state index is 13.4. The quantitative estimate of drug-likeness (QED) is 0.234. The van der Waals surface area contributed by atoms with Crippen LogP contribution in [0.3, 0.4) is 0 Å². The molecule has 240 valence electrons. The van der Waals surface area contributed by atoms with Crippen LogP contribution in [0.2, 0.25) is 0 Å². The monoisotopic (exact) mass is 629 g/mol. The highest BCUT2D eigenvalue weighted by Crippen LogP contribution is 2.41. The fourth-order valence-electron chi connectivity index (χ4n) is 7.70. The summed E-state index contributed by atoms with van der Waals surface area (Å²) in [6.45, 7) is 5.04. The molecule has 0 bridgehead atoms. The van der Waals surface area contributed by atoms with E-state index in [2.05, 4.69) is 48.7 Å². The number of nitrogen functional groups attached to an aromatic ring is 1. The molecule has 0 atom stereocenters. The molecule has 11 nitrogen and oxygen atoms in total. The van der Waals surface area contributed by atoms with E-state index in [0.29, 0.717) is 35.0 Å². The van der Waals surface area contributed by atoms with Crippen molar-refractivity contribution in [1.82, 2.24) is 33.8 Å². The standard InChI is InChI=1S/C36H39N9O2/c1-22-16-27-19-43(14-15-45(27)41-22)25-9-11-26(12-10-25)44-20-28(33-34(37)38-21-39-35(33)44)23-8-13-29(32(18-23)47-3)40-36(46)31-17-24-6-4-5-7-30(24)42(31)2/h4-8,13,16-18,20-21,25-26H,9-12,14-15,19H2,1-3H3,(H,40,46)(H2,37,38,39). The summed E-state index contributed by atoms with van der Waals surface area (Å²) >= 11 is 0. The summed E-state index contributed by atoms with van der Waals surface area (Å²) in [5.41, 5.74) is 13.8. The average molecular weight is 630 g/mol. The van der Waals surface area contributed by atoms with Crippen LogP contribution in [0, 0.1) is 6.92 Å². The summed E-state index contributed by atoms with van der Waals surface area (Å²) in [6, 6.07) is 18.8. The maximum Gasteiger partial charge on any atom is 0.272 e. The van der Waals surface area contributed by atoms with Crippen molar-refractivity contribution in [3.05, 3.63) is 84.2 Å². The highest BCUT2D eigenvalue weighted by atomic mass is 16.5. The molecule has 11 heteroatoms. The third kappa shape index (κ3) is 5.11. The van der Waals surface area contributed by atoms with Gasteiger partial charge in [-0.25, -0.2) is 9.97 Å². The van der Waals surface area contributed by atoms with Crippen LogP contribution in [0.15, 0.2) is 67.1 Å². The van der Waals surface area contributed by atoms with Crippen LogP contribution in [0.5, 0.6) is 5.75 Å². The van der Waals surface area contributed by atoms with Gasteiger partial charge in [0.1, 0.15) is 29.2 Å². The van der Waals surface area contributed by atoms with Crippen LogP contribution in [-0.4, -0.2) is 59.4 Å². The molecule has 8 rings (SSSR count). The van der Waals surface area contributed by atoms with E-state index in [0.717, 1.165) is 84.1 Å². The predicted molar refractivity (Wildman–Crippen MR) is 183 cm³/mol. The summed E-state index contributed by atoms with van der Waals surface area (Å²) in [5, 5.41) is 9.54. The lowest BCUT2D eigenvalue weighted by Crippen LogP contribution is -2.43. The molecular weight excluding hydrogens is 590 g/mol. The first kappa shape index (κ1) is 29.3. The molecule has 2 aromatic carbocycles. The molecule has 0 saturated heterocycles. The van der Waals surface area contributed by atoms with Gasteiger partial charge in [-0.05, 0) is 68.5 Å². The number of carbonyl (C=O) groups excluding carboxylic acids is 1. The van der Waals surface area contributed by atoms with Gasteiger partial charge in [-0.2, -0.15) is 5.10 Å². The van der Waals surface area contributed by atoms with E-state index in [1.54, 1.807) is 13.4 Å². The molecule has 0 radical (unpaired) electrons. The van der Waals surface area contributed by atoms with E-state index in [1.807, 2.05) is 60.1 Å². The van der Waals surface area contributed by atoms with E-state index >= 15 is 0 Å². The molecule has 47 heavy (non-hydrogen) atoms. The number of fused-ring (bicyclic) bond motifs is 3. The van der Waals surface area contributed by atoms with Gasteiger partial charge in [0.25, 0.3) is 5.91 Å². The second-order valence-corrected chi connectivity index (χ2v) is 12.9. The minimum absolute atomic E-state index is 0.204. The van der Waals surface area contributed by atoms with Gasteiger partial charge < -0.3 is 24.9 Å². The maximum absolute atomic E-state index is 13.4. The zero-order chi connectivity index (χ0) is 32.2. The van der Waals surface area contributed by atoms with Crippen molar-refractivity contribution in [3.63, 3.8) is 0 Å². The number of methoxy groups -OCH3 is 1. The molecule has 1 fully saturated rings. The number of ether oxygens (including phenoxy) is 1. The largest absolute Gasteiger partial charge is 0.495 e. The zero-order valence-electron chi connectivity index (χ0n) is 27.0. The molecule has 4 aromatic heterocycles. The minimum atomic E-state index is -0.204. The van der Waals surface area contributed by atoms with Crippen molar-refractivity contribution in [2.75, 3.05) is 24.7 Å². The van der Waals surface area contributed by atoms with E-state index in [-0.39, 0.29) is 5.91 Å². The number of anilines is 2. The van der Waals surface area contributed by atoms with Crippen LogP contribution >= 0.6 is 0 Å². The summed E-state index contributed by atoms with van der Waals surface area (Å²) in [7, 11) is 3.51. The molecule has 1 aliphatic heterocycles. The Bertz CT molecular complexity index is 2130. The predicted octanol–water partition coefficient (Wildman–Crippen LogP) is 5.94. The van der Waals surface area contributed by atoms with E-state index in [4.69, 9.17) is 15.5 Å². The number of hydrogen-bond acceptors (Lipinski definition) is 7. The van der Waals surface area contributed by atoms with Gasteiger partial charge >= 0.3 is 0 Å². The first-order chi connectivity index (χ1) is 22.9. The number of carbonyl (C=O) groups is 1. The minimum Gasteiger partial charge on any atom is -0.495 e. The molecule has 0 spiro atoms. The lowest BCUT2D eigenvalue weighted by Gasteiger charge is -2.39. The van der Waals surface area contributed by atoms with Crippen molar-refractivity contribution in [2.24, 2.45) is 7.05 Å². The average Bonchev–Trinajstić information content (AvgIpc) is 3.77. The van der Waals surface area contributed by atoms with Crippen LogP contribution in [-0.2, 0) is 20.1 Å². The van der Waals surface area contributed by atoms with Gasteiger partial charge in [0.2, 0.25) is 0 Å². The highest BCUT2D eigenvalue weighted by Gasteiger charge is 2.31. The summed E-state index contributed by atoms with van der Waals surface area (Å²) < 4.78 is 12.2. The molecule has 1 aliphatic carbocycles. The third-order valence-electron chi connectivity index (χ3n) is 10.1. The first-order valence-corrected chi connectivity index (χ1v) is 16.3. The van der Waals surface area contributed by atoms with Crippen LogP contribution in [0.1, 0.15) is 53.6 Å². The van der Waals surface area contributed by atoms with Gasteiger partial charge in [0.05, 0.1) is 36.1 Å². The number of aromatic nitrogens is 6. The molecule has 6 aromatic rings.